The van der Waals surface area contributed by atoms with Crippen molar-refractivity contribution in [3.05, 3.63) is 70.1 Å². The Morgan fingerprint density at radius 2 is 2.00 bits per heavy atom. The lowest BCUT2D eigenvalue weighted by molar-refractivity contribution is 0.0910. The number of carbonyl (C=O) groups is 1. The third kappa shape index (κ3) is 3.26. The molecule has 1 atom stereocenters. The summed E-state index contributed by atoms with van der Waals surface area (Å²) >= 11 is 3.17. The second-order valence-corrected chi connectivity index (χ2v) is 6.15. The first-order chi connectivity index (χ1) is 11.5. The molecule has 0 aliphatic heterocycles. The van der Waals surface area contributed by atoms with Crippen molar-refractivity contribution in [2.75, 3.05) is 0 Å². The van der Waals surface area contributed by atoms with Gasteiger partial charge >= 0.3 is 0 Å². The highest BCUT2D eigenvalue weighted by Crippen LogP contribution is 2.21. The second-order valence-electron chi connectivity index (χ2n) is 5.37. The molecular formula is C17H15BrFN3O2. The summed E-state index contributed by atoms with van der Waals surface area (Å²) < 4.78 is 20.5. The van der Waals surface area contributed by atoms with Gasteiger partial charge in [0.05, 0.1) is 17.9 Å². The molecule has 3 rings (SSSR count). The molecule has 1 N–H and O–H groups in total. The Labute approximate surface area is 146 Å². The number of furan rings is 1. The zero-order chi connectivity index (χ0) is 17.3. The van der Waals surface area contributed by atoms with Crippen LogP contribution in [0, 0.1) is 12.7 Å². The summed E-state index contributed by atoms with van der Waals surface area (Å²) in [4.78, 5) is 12.2. The van der Waals surface area contributed by atoms with E-state index >= 15 is 0 Å². The average Bonchev–Trinajstić information content (AvgIpc) is 3.14. The van der Waals surface area contributed by atoms with Gasteiger partial charge in [0.25, 0.3) is 5.91 Å². The van der Waals surface area contributed by atoms with Gasteiger partial charge in [-0.15, -0.1) is 0 Å². The molecule has 0 saturated carbocycles. The maximum atomic E-state index is 13.1. The van der Waals surface area contributed by atoms with Crippen molar-refractivity contribution >= 4 is 21.8 Å². The summed E-state index contributed by atoms with van der Waals surface area (Å²) in [5.74, 6) is -0.367. The number of aromatic nitrogens is 2. The van der Waals surface area contributed by atoms with Crippen molar-refractivity contribution in [1.82, 2.24) is 15.1 Å². The average molecular weight is 392 g/mol. The molecule has 0 radical (unpaired) electrons. The molecule has 7 heteroatoms. The van der Waals surface area contributed by atoms with Crippen LogP contribution in [-0.4, -0.2) is 15.7 Å². The van der Waals surface area contributed by atoms with E-state index in [0.717, 1.165) is 16.9 Å². The first kappa shape index (κ1) is 16.4. The molecule has 1 unspecified atom stereocenters. The molecule has 0 spiro atoms. The Hall–Kier alpha value is -2.41. The maximum Gasteiger partial charge on any atom is 0.287 e. The number of hydrogen-bond acceptors (Lipinski definition) is 3. The number of rotatable bonds is 4. The highest BCUT2D eigenvalue weighted by molar-refractivity contribution is 9.10. The lowest BCUT2D eigenvalue weighted by Crippen LogP contribution is -2.26. The molecule has 0 saturated heterocycles. The number of amides is 1. The summed E-state index contributed by atoms with van der Waals surface area (Å²) in [5, 5.41) is 7.21. The first-order valence-corrected chi connectivity index (χ1v) is 8.11. The van der Waals surface area contributed by atoms with Crippen molar-refractivity contribution in [1.29, 1.82) is 0 Å². The Bertz CT molecular complexity index is 870. The largest absolute Gasteiger partial charge is 0.444 e. The van der Waals surface area contributed by atoms with Gasteiger partial charge in [-0.05, 0) is 66.2 Å². The van der Waals surface area contributed by atoms with E-state index in [9.17, 15) is 9.18 Å². The molecule has 0 fully saturated rings. The predicted octanol–water partition coefficient (Wildman–Crippen LogP) is 4.17. The molecule has 1 aromatic carbocycles. The molecule has 3 aromatic rings. The van der Waals surface area contributed by atoms with Crippen LogP contribution in [0.4, 0.5) is 4.39 Å². The number of halogens is 2. The fourth-order valence-corrected chi connectivity index (χ4v) is 2.78. The van der Waals surface area contributed by atoms with Crippen LogP contribution in [0.3, 0.4) is 0 Å². The van der Waals surface area contributed by atoms with Gasteiger partial charge in [0.15, 0.2) is 10.4 Å². The molecule has 5 nitrogen and oxygen atoms in total. The monoisotopic (exact) mass is 391 g/mol. The van der Waals surface area contributed by atoms with Crippen molar-refractivity contribution in [3.63, 3.8) is 0 Å². The minimum Gasteiger partial charge on any atom is -0.444 e. The van der Waals surface area contributed by atoms with E-state index < -0.39 is 0 Å². The predicted molar refractivity (Wildman–Crippen MR) is 90.5 cm³/mol. The smallest absolute Gasteiger partial charge is 0.287 e. The van der Waals surface area contributed by atoms with Gasteiger partial charge < -0.3 is 9.73 Å². The fraction of sp³-hybridized carbons (Fsp3) is 0.176. The van der Waals surface area contributed by atoms with Crippen LogP contribution in [-0.2, 0) is 0 Å². The number of nitrogens with one attached hydrogen (secondary N) is 1. The molecule has 124 valence electrons. The van der Waals surface area contributed by atoms with Crippen molar-refractivity contribution in [3.8, 4) is 5.69 Å². The van der Waals surface area contributed by atoms with Gasteiger partial charge in [0.1, 0.15) is 5.82 Å². The zero-order valence-corrected chi connectivity index (χ0v) is 14.7. The highest BCUT2D eigenvalue weighted by atomic mass is 79.9. The molecule has 0 bridgehead atoms. The molecule has 1 amide bonds. The van der Waals surface area contributed by atoms with Crippen LogP contribution >= 0.6 is 15.9 Å². The quantitative estimate of drug-likeness (QED) is 0.725. The van der Waals surface area contributed by atoms with Crippen molar-refractivity contribution < 1.29 is 13.6 Å². The lowest BCUT2D eigenvalue weighted by atomic mass is 10.1. The molecule has 2 aromatic heterocycles. The standard InChI is InChI=1S/C17H15BrFN3O2/c1-10(21-17(23)15-7-8-16(18)24-15)14-9-20-22(11(14)2)13-5-3-12(19)4-6-13/h3-10H,1-2H3,(H,21,23). The van der Waals surface area contributed by atoms with Crippen molar-refractivity contribution in [2.24, 2.45) is 0 Å². The summed E-state index contributed by atoms with van der Waals surface area (Å²) in [7, 11) is 0. The SMILES string of the molecule is Cc1c(C(C)NC(=O)c2ccc(Br)o2)cnn1-c1ccc(F)cc1. The third-order valence-electron chi connectivity index (χ3n) is 3.73. The van der Waals surface area contributed by atoms with Gasteiger partial charge in [-0.2, -0.15) is 5.10 Å². The summed E-state index contributed by atoms with van der Waals surface area (Å²) in [6, 6.07) is 9.09. The summed E-state index contributed by atoms with van der Waals surface area (Å²) in [6.07, 6.45) is 1.70. The number of nitrogens with zero attached hydrogens (tertiary/aromatic N) is 2. The maximum absolute atomic E-state index is 13.1. The Kier molecular flexibility index (Phi) is 4.53. The van der Waals surface area contributed by atoms with Crippen molar-refractivity contribution in [2.45, 2.75) is 19.9 Å². The van der Waals surface area contributed by atoms with E-state index in [-0.39, 0.29) is 23.5 Å². The second kappa shape index (κ2) is 6.60. The molecule has 24 heavy (non-hydrogen) atoms. The number of benzene rings is 1. The van der Waals surface area contributed by atoms with Gasteiger partial charge in [-0.25, -0.2) is 9.07 Å². The van der Waals surface area contributed by atoms with Crippen LogP contribution in [0.15, 0.2) is 51.7 Å². The van der Waals surface area contributed by atoms with E-state index in [1.807, 2.05) is 13.8 Å². The molecule has 0 aliphatic carbocycles. The van der Waals surface area contributed by atoms with Crippen LogP contribution in [0.5, 0.6) is 0 Å². The number of hydrogen-bond donors (Lipinski definition) is 1. The van der Waals surface area contributed by atoms with Crippen LogP contribution in [0.25, 0.3) is 5.69 Å². The minimum atomic E-state index is -0.304. The normalized spacial score (nSPS) is 12.2. The van der Waals surface area contributed by atoms with Gasteiger partial charge in [0.2, 0.25) is 0 Å². The van der Waals surface area contributed by atoms with Gasteiger partial charge in [-0.1, -0.05) is 0 Å². The van der Waals surface area contributed by atoms with E-state index in [1.165, 1.54) is 12.1 Å². The van der Waals surface area contributed by atoms with Gasteiger partial charge in [0, 0.05) is 11.3 Å². The molecular weight excluding hydrogens is 377 g/mol. The Balaban J connectivity index is 1.79. The van der Waals surface area contributed by atoms with Gasteiger partial charge in [-0.3, -0.25) is 4.79 Å². The minimum absolute atomic E-state index is 0.234. The Morgan fingerprint density at radius 3 is 2.62 bits per heavy atom. The van der Waals surface area contributed by atoms with Crippen LogP contribution < -0.4 is 5.32 Å². The lowest BCUT2D eigenvalue weighted by Gasteiger charge is -2.13. The topological polar surface area (TPSA) is 60.1 Å². The number of carbonyl (C=O) groups excluding carboxylic acids is 1. The molecule has 2 heterocycles. The van der Waals surface area contributed by atoms with E-state index in [4.69, 9.17) is 4.42 Å². The highest BCUT2D eigenvalue weighted by Gasteiger charge is 2.18. The first-order valence-electron chi connectivity index (χ1n) is 7.32. The summed E-state index contributed by atoms with van der Waals surface area (Å²) in [5.41, 5.74) is 2.50. The zero-order valence-electron chi connectivity index (χ0n) is 13.1. The Morgan fingerprint density at radius 1 is 1.29 bits per heavy atom. The van der Waals surface area contributed by atoms with E-state index in [1.54, 1.807) is 35.1 Å². The third-order valence-corrected chi connectivity index (χ3v) is 4.16. The summed E-state index contributed by atoms with van der Waals surface area (Å²) in [6.45, 7) is 3.77. The fourth-order valence-electron chi connectivity index (χ4n) is 2.47. The van der Waals surface area contributed by atoms with Crippen LogP contribution in [0.1, 0.15) is 34.8 Å². The molecule has 0 aliphatic rings. The van der Waals surface area contributed by atoms with Crippen LogP contribution in [0.2, 0.25) is 0 Å². The van der Waals surface area contributed by atoms with E-state index in [2.05, 4.69) is 26.3 Å². The van der Waals surface area contributed by atoms with E-state index in [0.29, 0.717) is 4.67 Å².